The fraction of sp³-hybridized carbons (Fsp3) is 0.625. The number of hydrogen-bond donors (Lipinski definition) is 1. The van der Waals surface area contributed by atoms with Crippen molar-refractivity contribution >= 4 is 17.7 Å². The summed E-state index contributed by atoms with van der Waals surface area (Å²) in [5, 5.41) is 0. The summed E-state index contributed by atoms with van der Waals surface area (Å²) in [5.74, 6) is 1.09. The Kier molecular flexibility index (Phi) is 6.06. The number of carbonyl (C=O) groups excluding carboxylic acids is 1. The van der Waals surface area contributed by atoms with Crippen LogP contribution < -0.4 is 9.46 Å². The summed E-state index contributed by atoms with van der Waals surface area (Å²) in [6.07, 6.45) is 7.46. The number of nitrogens with one attached hydrogen (secondary N) is 1. The topological polar surface area (TPSA) is 51.2 Å². The van der Waals surface area contributed by atoms with Crippen LogP contribution in [0.25, 0.3) is 0 Å². The Hall–Kier alpha value is -1.07. The maximum absolute atomic E-state index is 11.7. The molecule has 0 saturated heterocycles. The highest BCUT2D eigenvalue weighted by Crippen LogP contribution is 2.26. The van der Waals surface area contributed by atoms with E-state index in [1.54, 1.807) is 18.1 Å². The normalized spacial score (nSPS) is 21.1. The lowest BCUT2D eigenvalue weighted by molar-refractivity contribution is -0.121. The standard InChI is InChI=1S/C16H24N2O2S/c1-11(2)15(19)5-4-12-6-7-17-16(8-12)20-14-9-13(10-14)18-21-3/h6-8,11,13-14,18H,4-5,9-10H2,1-3H3. The van der Waals surface area contributed by atoms with E-state index in [4.69, 9.17) is 4.74 Å². The minimum Gasteiger partial charge on any atom is -0.474 e. The third-order valence-corrected chi connectivity index (χ3v) is 4.34. The summed E-state index contributed by atoms with van der Waals surface area (Å²) in [7, 11) is 0. The van der Waals surface area contributed by atoms with Gasteiger partial charge in [-0.25, -0.2) is 4.98 Å². The van der Waals surface area contributed by atoms with Crippen molar-refractivity contribution in [1.82, 2.24) is 9.71 Å². The molecule has 1 heterocycles. The van der Waals surface area contributed by atoms with E-state index >= 15 is 0 Å². The SMILES string of the molecule is CSNC1CC(Oc2cc(CCC(=O)C(C)C)ccn2)C1. The van der Waals surface area contributed by atoms with Gasteiger partial charge in [-0.3, -0.25) is 9.52 Å². The maximum Gasteiger partial charge on any atom is 0.213 e. The van der Waals surface area contributed by atoms with Crippen molar-refractivity contribution in [1.29, 1.82) is 0 Å². The zero-order valence-corrected chi connectivity index (χ0v) is 13.8. The Morgan fingerprint density at radius 1 is 1.52 bits per heavy atom. The van der Waals surface area contributed by atoms with Crippen molar-refractivity contribution in [2.45, 2.75) is 51.7 Å². The summed E-state index contributed by atoms with van der Waals surface area (Å²) in [6.45, 7) is 3.89. The van der Waals surface area contributed by atoms with Crippen molar-refractivity contribution < 1.29 is 9.53 Å². The molecule has 1 N–H and O–H groups in total. The van der Waals surface area contributed by atoms with Gasteiger partial charge in [-0.2, -0.15) is 0 Å². The number of carbonyl (C=O) groups is 1. The van der Waals surface area contributed by atoms with E-state index in [0.29, 0.717) is 24.1 Å². The highest BCUT2D eigenvalue weighted by atomic mass is 32.2. The quantitative estimate of drug-likeness (QED) is 0.748. The fourth-order valence-corrected chi connectivity index (χ4v) is 2.85. The summed E-state index contributed by atoms with van der Waals surface area (Å²) >= 11 is 1.65. The van der Waals surface area contributed by atoms with Crippen LogP contribution in [0.15, 0.2) is 18.3 Å². The molecule has 0 aromatic carbocycles. The van der Waals surface area contributed by atoms with Gasteiger partial charge in [0.1, 0.15) is 11.9 Å². The van der Waals surface area contributed by atoms with Crippen LogP contribution in [0.3, 0.4) is 0 Å². The molecular weight excluding hydrogens is 284 g/mol. The number of nitrogens with zero attached hydrogens (tertiary/aromatic N) is 1. The first kappa shape index (κ1) is 16.3. The van der Waals surface area contributed by atoms with Gasteiger partial charge in [-0.1, -0.05) is 25.8 Å². The van der Waals surface area contributed by atoms with E-state index in [9.17, 15) is 4.79 Å². The number of rotatable bonds is 8. The lowest BCUT2D eigenvalue weighted by atomic mass is 9.90. The second-order valence-electron chi connectivity index (χ2n) is 5.85. The van der Waals surface area contributed by atoms with Gasteiger partial charge in [-0.05, 0) is 24.3 Å². The van der Waals surface area contributed by atoms with E-state index in [0.717, 1.165) is 24.8 Å². The summed E-state index contributed by atoms with van der Waals surface area (Å²) in [4.78, 5) is 15.9. The van der Waals surface area contributed by atoms with Gasteiger partial charge < -0.3 is 4.74 Å². The average molecular weight is 308 g/mol. The lowest BCUT2D eigenvalue weighted by Crippen LogP contribution is -2.44. The third-order valence-electron chi connectivity index (χ3n) is 3.77. The van der Waals surface area contributed by atoms with Crippen LogP contribution in [0.2, 0.25) is 0 Å². The number of aryl methyl sites for hydroxylation is 1. The zero-order chi connectivity index (χ0) is 15.2. The van der Waals surface area contributed by atoms with Gasteiger partial charge >= 0.3 is 0 Å². The number of ketones is 1. The monoisotopic (exact) mass is 308 g/mol. The van der Waals surface area contributed by atoms with Crippen molar-refractivity contribution in [2.24, 2.45) is 5.92 Å². The predicted octanol–water partition coefficient (Wildman–Crippen LogP) is 3.02. The molecule has 21 heavy (non-hydrogen) atoms. The second-order valence-corrected chi connectivity index (χ2v) is 6.50. The zero-order valence-electron chi connectivity index (χ0n) is 13.0. The number of aromatic nitrogens is 1. The Bertz CT molecular complexity index is 473. The van der Waals surface area contributed by atoms with Gasteiger partial charge in [0.15, 0.2) is 0 Å². The summed E-state index contributed by atoms with van der Waals surface area (Å²) < 4.78 is 9.21. The van der Waals surface area contributed by atoms with E-state index in [1.807, 2.05) is 32.2 Å². The van der Waals surface area contributed by atoms with Gasteiger partial charge in [0, 0.05) is 43.5 Å². The van der Waals surface area contributed by atoms with Crippen molar-refractivity contribution in [3.05, 3.63) is 23.9 Å². The molecule has 0 amide bonds. The predicted molar refractivity (Wildman–Crippen MR) is 86.5 cm³/mol. The Labute approximate surface area is 131 Å². The number of ether oxygens (including phenoxy) is 1. The number of pyridine rings is 1. The molecule has 4 nitrogen and oxygen atoms in total. The van der Waals surface area contributed by atoms with Crippen molar-refractivity contribution in [2.75, 3.05) is 6.26 Å². The Morgan fingerprint density at radius 2 is 2.29 bits per heavy atom. The molecular formula is C16H24N2O2S. The molecule has 116 valence electrons. The van der Waals surface area contributed by atoms with Crippen LogP contribution in [0.1, 0.15) is 38.7 Å². The molecule has 1 fully saturated rings. The van der Waals surface area contributed by atoms with Gasteiger partial charge in [0.05, 0.1) is 0 Å². The molecule has 1 aromatic heterocycles. The molecule has 0 spiro atoms. The molecule has 1 aliphatic carbocycles. The van der Waals surface area contributed by atoms with Crippen LogP contribution in [0.4, 0.5) is 0 Å². The third kappa shape index (κ3) is 5.00. The molecule has 0 radical (unpaired) electrons. The minimum atomic E-state index is 0.110. The van der Waals surface area contributed by atoms with Gasteiger partial charge in [0.25, 0.3) is 0 Å². The van der Waals surface area contributed by atoms with E-state index in [1.165, 1.54) is 0 Å². The number of hydrogen-bond acceptors (Lipinski definition) is 5. The fourth-order valence-electron chi connectivity index (χ4n) is 2.32. The van der Waals surface area contributed by atoms with Crippen molar-refractivity contribution in [3.8, 4) is 5.88 Å². The summed E-state index contributed by atoms with van der Waals surface area (Å²) in [5.41, 5.74) is 1.12. The molecule has 0 aliphatic heterocycles. The minimum absolute atomic E-state index is 0.110. The van der Waals surface area contributed by atoms with Gasteiger partial charge in [0.2, 0.25) is 5.88 Å². The van der Waals surface area contributed by atoms with Crippen LogP contribution >= 0.6 is 11.9 Å². The highest BCUT2D eigenvalue weighted by Gasteiger charge is 2.30. The molecule has 1 saturated carbocycles. The van der Waals surface area contributed by atoms with E-state index in [-0.39, 0.29) is 12.0 Å². The molecule has 1 aliphatic rings. The first-order valence-electron chi connectivity index (χ1n) is 7.51. The van der Waals surface area contributed by atoms with Crippen molar-refractivity contribution in [3.63, 3.8) is 0 Å². The van der Waals surface area contributed by atoms with E-state index < -0.39 is 0 Å². The molecule has 0 bridgehead atoms. The second kappa shape index (κ2) is 7.80. The molecule has 0 atom stereocenters. The molecule has 5 heteroatoms. The Morgan fingerprint density at radius 3 is 2.95 bits per heavy atom. The van der Waals surface area contributed by atoms with Crippen LogP contribution in [0, 0.1) is 5.92 Å². The average Bonchev–Trinajstić information content (AvgIpc) is 2.43. The Balaban J connectivity index is 1.80. The molecule has 0 unspecified atom stereocenters. The summed E-state index contributed by atoms with van der Waals surface area (Å²) in [6, 6.07) is 4.47. The largest absolute Gasteiger partial charge is 0.474 e. The molecule has 2 rings (SSSR count). The number of Topliss-reactive ketones (excluding diaryl/α,β-unsaturated/α-hetero) is 1. The van der Waals surface area contributed by atoms with Crippen LogP contribution in [0.5, 0.6) is 5.88 Å². The van der Waals surface area contributed by atoms with Crippen LogP contribution in [-0.2, 0) is 11.2 Å². The van der Waals surface area contributed by atoms with Gasteiger partial charge in [-0.15, -0.1) is 0 Å². The van der Waals surface area contributed by atoms with E-state index in [2.05, 4.69) is 9.71 Å². The van der Waals surface area contributed by atoms with Crippen LogP contribution in [-0.4, -0.2) is 29.2 Å². The lowest BCUT2D eigenvalue weighted by Gasteiger charge is -2.34. The maximum atomic E-state index is 11.7. The molecule has 1 aromatic rings. The first-order chi connectivity index (χ1) is 10.1. The smallest absolute Gasteiger partial charge is 0.213 e. The highest BCUT2D eigenvalue weighted by molar-refractivity contribution is 7.96. The first-order valence-corrected chi connectivity index (χ1v) is 8.73.